The van der Waals surface area contributed by atoms with Crippen LogP contribution in [0.25, 0.3) is 0 Å². The monoisotopic (exact) mass is 258 g/mol. The normalized spacial score (nSPS) is 22.4. The molecule has 0 saturated heterocycles. The van der Waals surface area contributed by atoms with E-state index < -0.39 is 6.10 Å². The number of pyridine rings is 1. The van der Waals surface area contributed by atoms with Gasteiger partial charge in [-0.25, -0.2) is 4.98 Å². The molecule has 2 unspecified atom stereocenters. The average Bonchev–Trinajstić information content (AvgIpc) is 2.85. The predicted molar refractivity (Wildman–Crippen MR) is 71.5 cm³/mol. The zero-order valence-electron chi connectivity index (χ0n) is 9.49. The average molecular weight is 259 g/mol. The molecule has 1 aromatic rings. The third-order valence-electron chi connectivity index (χ3n) is 3.08. The summed E-state index contributed by atoms with van der Waals surface area (Å²) in [6.07, 6.45) is 10.5. The highest BCUT2D eigenvalue weighted by molar-refractivity contribution is 6.30. The van der Waals surface area contributed by atoms with Crippen LogP contribution in [0, 0.1) is 5.92 Å². The number of rotatable bonds is 2. The van der Waals surface area contributed by atoms with Crippen LogP contribution in [0.4, 0.5) is 0 Å². The summed E-state index contributed by atoms with van der Waals surface area (Å²) < 4.78 is 0. The standard InChI is InChI=1S/C14H11ClN2O/c15-14-11(2-1-6-17-14)13(18)10-3-4-12-9(8-10)5-7-16-12/h1-8,10,13,18H. The summed E-state index contributed by atoms with van der Waals surface area (Å²) in [7, 11) is 0. The smallest absolute Gasteiger partial charge is 0.134 e. The Bertz CT molecular complexity index is 602. The van der Waals surface area contributed by atoms with Gasteiger partial charge in [0.25, 0.3) is 0 Å². The van der Waals surface area contributed by atoms with Crippen molar-refractivity contribution in [2.75, 3.05) is 0 Å². The molecule has 2 aliphatic rings. The molecule has 1 aliphatic heterocycles. The summed E-state index contributed by atoms with van der Waals surface area (Å²) in [6, 6.07) is 3.56. The Morgan fingerprint density at radius 1 is 1.33 bits per heavy atom. The van der Waals surface area contributed by atoms with Gasteiger partial charge < -0.3 is 5.11 Å². The van der Waals surface area contributed by atoms with Gasteiger partial charge in [0.2, 0.25) is 0 Å². The lowest BCUT2D eigenvalue weighted by atomic mass is 9.89. The highest BCUT2D eigenvalue weighted by Crippen LogP contribution is 2.32. The van der Waals surface area contributed by atoms with E-state index in [1.54, 1.807) is 24.5 Å². The van der Waals surface area contributed by atoms with Crippen molar-refractivity contribution in [3.05, 3.63) is 65.1 Å². The van der Waals surface area contributed by atoms with Gasteiger partial charge in [-0.1, -0.05) is 29.8 Å². The number of aromatic nitrogens is 1. The fourth-order valence-electron chi connectivity index (χ4n) is 2.13. The first kappa shape index (κ1) is 11.4. The molecule has 1 aliphatic carbocycles. The van der Waals surface area contributed by atoms with E-state index in [2.05, 4.69) is 9.98 Å². The number of aliphatic hydroxyl groups excluding tert-OH is 1. The molecule has 3 nitrogen and oxygen atoms in total. The molecule has 2 atom stereocenters. The van der Waals surface area contributed by atoms with Crippen LogP contribution in [-0.2, 0) is 0 Å². The van der Waals surface area contributed by atoms with Gasteiger partial charge in [0.05, 0.1) is 11.8 Å². The SMILES string of the molecule is OC(c1cccnc1Cl)C1C=CC2=NC=CC2=C1. The first-order chi connectivity index (χ1) is 8.75. The lowest BCUT2D eigenvalue weighted by molar-refractivity contribution is 0.150. The Labute approximate surface area is 110 Å². The Hall–Kier alpha value is -1.71. The van der Waals surface area contributed by atoms with Crippen LogP contribution >= 0.6 is 11.6 Å². The molecule has 0 radical (unpaired) electrons. The van der Waals surface area contributed by atoms with E-state index in [1.807, 2.05) is 24.3 Å². The van der Waals surface area contributed by atoms with Gasteiger partial charge in [0.15, 0.2) is 0 Å². The van der Waals surface area contributed by atoms with Crippen LogP contribution in [0.3, 0.4) is 0 Å². The molecular formula is C14H11ClN2O. The summed E-state index contributed by atoms with van der Waals surface area (Å²) in [4.78, 5) is 8.19. The van der Waals surface area contributed by atoms with Crippen molar-refractivity contribution in [2.45, 2.75) is 6.10 Å². The van der Waals surface area contributed by atoms with E-state index in [9.17, 15) is 5.11 Å². The van der Waals surface area contributed by atoms with Gasteiger partial charge in [-0.05, 0) is 23.8 Å². The number of aliphatic hydroxyl groups is 1. The van der Waals surface area contributed by atoms with Crippen molar-refractivity contribution in [3.63, 3.8) is 0 Å². The van der Waals surface area contributed by atoms with E-state index in [1.165, 1.54) is 0 Å². The maximum atomic E-state index is 10.4. The minimum atomic E-state index is -0.689. The van der Waals surface area contributed by atoms with E-state index in [-0.39, 0.29) is 5.92 Å². The molecule has 1 N–H and O–H groups in total. The Morgan fingerprint density at radius 3 is 3.06 bits per heavy atom. The van der Waals surface area contributed by atoms with E-state index in [0.717, 1.165) is 11.3 Å². The number of halogens is 1. The van der Waals surface area contributed by atoms with Crippen molar-refractivity contribution in [1.82, 2.24) is 4.98 Å². The summed E-state index contributed by atoms with van der Waals surface area (Å²) in [5.41, 5.74) is 2.63. The second-order valence-electron chi connectivity index (χ2n) is 4.22. The molecule has 2 heterocycles. The van der Waals surface area contributed by atoms with Gasteiger partial charge in [0, 0.05) is 23.9 Å². The zero-order chi connectivity index (χ0) is 12.5. The van der Waals surface area contributed by atoms with Gasteiger partial charge in [-0.15, -0.1) is 0 Å². The minimum Gasteiger partial charge on any atom is -0.387 e. The Morgan fingerprint density at radius 2 is 2.22 bits per heavy atom. The maximum absolute atomic E-state index is 10.4. The number of nitrogens with zero attached hydrogens (tertiary/aromatic N) is 2. The summed E-state index contributed by atoms with van der Waals surface area (Å²) in [6.45, 7) is 0. The summed E-state index contributed by atoms with van der Waals surface area (Å²) >= 11 is 6.00. The minimum absolute atomic E-state index is 0.108. The van der Waals surface area contributed by atoms with Crippen molar-refractivity contribution in [1.29, 1.82) is 0 Å². The number of hydrogen-bond acceptors (Lipinski definition) is 3. The van der Waals surface area contributed by atoms with E-state index in [0.29, 0.717) is 10.7 Å². The van der Waals surface area contributed by atoms with Gasteiger partial charge in [-0.2, -0.15) is 0 Å². The Kier molecular flexibility index (Phi) is 2.86. The van der Waals surface area contributed by atoms with Gasteiger partial charge in [-0.3, -0.25) is 4.99 Å². The lowest BCUT2D eigenvalue weighted by Crippen LogP contribution is -2.14. The fraction of sp³-hybridized carbons (Fsp3) is 0.143. The van der Waals surface area contributed by atoms with Crippen molar-refractivity contribution in [3.8, 4) is 0 Å². The molecular weight excluding hydrogens is 248 g/mol. The molecule has 0 spiro atoms. The van der Waals surface area contributed by atoms with E-state index >= 15 is 0 Å². The quantitative estimate of drug-likeness (QED) is 0.829. The molecule has 4 heteroatoms. The van der Waals surface area contributed by atoms with Crippen molar-refractivity contribution < 1.29 is 5.11 Å². The second kappa shape index (κ2) is 4.52. The number of hydrogen-bond donors (Lipinski definition) is 1. The molecule has 0 amide bonds. The molecule has 90 valence electrons. The third kappa shape index (κ3) is 1.92. The first-order valence-electron chi connectivity index (χ1n) is 5.69. The highest BCUT2D eigenvalue weighted by atomic mass is 35.5. The number of aliphatic imine (C=N–C) groups is 1. The van der Waals surface area contributed by atoms with Crippen LogP contribution in [0.5, 0.6) is 0 Å². The molecule has 18 heavy (non-hydrogen) atoms. The second-order valence-corrected chi connectivity index (χ2v) is 4.57. The van der Waals surface area contributed by atoms with Crippen molar-refractivity contribution >= 4 is 17.3 Å². The molecule has 0 fully saturated rings. The maximum Gasteiger partial charge on any atom is 0.134 e. The van der Waals surface area contributed by atoms with Gasteiger partial charge in [0.1, 0.15) is 5.15 Å². The molecule has 3 rings (SSSR count). The predicted octanol–water partition coefficient (Wildman–Crippen LogP) is 2.85. The summed E-state index contributed by atoms with van der Waals surface area (Å²) in [5.74, 6) is -0.108. The van der Waals surface area contributed by atoms with Crippen LogP contribution in [-0.4, -0.2) is 15.8 Å². The molecule has 1 aromatic heterocycles. The lowest BCUT2D eigenvalue weighted by Gasteiger charge is -2.20. The molecule has 0 bridgehead atoms. The van der Waals surface area contributed by atoms with Crippen LogP contribution < -0.4 is 0 Å². The molecule has 0 aromatic carbocycles. The van der Waals surface area contributed by atoms with Gasteiger partial charge >= 0.3 is 0 Å². The highest BCUT2D eigenvalue weighted by Gasteiger charge is 2.23. The van der Waals surface area contributed by atoms with Crippen LogP contribution in [0.1, 0.15) is 11.7 Å². The fourth-order valence-corrected chi connectivity index (χ4v) is 2.36. The first-order valence-corrected chi connectivity index (χ1v) is 6.07. The van der Waals surface area contributed by atoms with Crippen LogP contribution in [0.15, 0.2) is 59.4 Å². The largest absolute Gasteiger partial charge is 0.387 e. The zero-order valence-corrected chi connectivity index (χ0v) is 10.2. The number of fused-ring (bicyclic) bond motifs is 1. The Balaban J connectivity index is 1.91. The molecule has 0 saturated carbocycles. The van der Waals surface area contributed by atoms with Crippen LogP contribution in [0.2, 0.25) is 5.15 Å². The topological polar surface area (TPSA) is 45.5 Å². The van der Waals surface area contributed by atoms with E-state index in [4.69, 9.17) is 11.6 Å². The third-order valence-corrected chi connectivity index (χ3v) is 3.40. The number of allylic oxidation sites excluding steroid dienone is 3. The summed E-state index contributed by atoms with van der Waals surface area (Å²) in [5, 5.41) is 10.7. The van der Waals surface area contributed by atoms with Crippen molar-refractivity contribution in [2.24, 2.45) is 10.9 Å².